The second-order valence-electron chi connectivity index (χ2n) is 3.34. The average Bonchev–Trinajstić information content (AvgIpc) is 2.06. The minimum atomic E-state index is 0.535. The number of hydrogen-bond acceptors (Lipinski definition) is 1. The molecule has 0 aromatic heterocycles. The van der Waals surface area contributed by atoms with E-state index in [0.717, 1.165) is 5.92 Å². The molecule has 2 atom stereocenters. The lowest BCUT2D eigenvalue weighted by atomic mass is 9.86. The number of alkyl halides is 1. The van der Waals surface area contributed by atoms with Crippen LogP contribution in [0.15, 0.2) is 0 Å². The molecule has 0 heterocycles. The van der Waals surface area contributed by atoms with Crippen molar-refractivity contribution in [2.75, 3.05) is 5.52 Å². The summed E-state index contributed by atoms with van der Waals surface area (Å²) in [7, 11) is 0. The third kappa shape index (κ3) is 3.12. The number of halogens is 1. The van der Waals surface area contributed by atoms with Crippen molar-refractivity contribution < 1.29 is 4.74 Å². The average molecular weight is 221 g/mol. The Morgan fingerprint density at radius 2 is 2.27 bits per heavy atom. The Morgan fingerprint density at radius 3 is 2.91 bits per heavy atom. The normalized spacial score (nSPS) is 32.2. The van der Waals surface area contributed by atoms with Gasteiger partial charge in [-0.1, -0.05) is 42.1 Å². The molecule has 1 nitrogen and oxygen atoms in total. The fourth-order valence-corrected chi connectivity index (χ4v) is 2.23. The maximum atomic E-state index is 5.53. The molecule has 1 rings (SSSR count). The van der Waals surface area contributed by atoms with Crippen molar-refractivity contribution in [3.63, 3.8) is 0 Å². The summed E-state index contributed by atoms with van der Waals surface area (Å²) in [6.45, 7) is 2.28. The molecular formula is C9H17BrO. The van der Waals surface area contributed by atoms with Crippen LogP contribution in [-0.2, 0) is 4.74 Å². The van der Waals surface area contributed by atoms with Crippen LogP contribution in [0.4, 0.5) is 0 Å². The molecule has 1 aliphatic rings. The van der Waals surface area contributed by atoms with Crippen LogP contribution in [0.3, 0.4) is 0 Å². The van der Waals surface area contributed by atoms with Gasteiger partial charge in [0.15, 0.2) is 0 Å². The van der Waals surface area contributed by atoms with Crippen LogP contribution in [0, 0.1) is 5.92 Å². The molecule has 0 bridgehead atoms. The van der Waals surface area contributed by atoms with E-state index in [2.05, 4.69) is 22.9 Å². The Morgan fingerprint density at radius 1 is 1.45 bits per heavy atom. The number of hydrogen-bond donors (Lipinski definition) is 0. The SMILES string of the molecule is CCC1CCCC(OCBr)C1. The number of ether oxygens (including phenoxy) is 1. The topological polar surface area (TPSA) is 9.23 Å². The Hall–Kier alpha value is 0.440. The van der Waals surface area contributed by atoms with Crippen LogP contribution < -0.4 is 0 Å². The zero-order valence-corrected chi connectivity index (χ0v) is 8.77. The standard InChI is InChI=1S/C9H17BrO/c1-2-8-4-3-5-9(6-8)11-7-10/h8-9H,2-7H2,1H3. The van der Waals surface area contributed by atoms with Crippen LogP contribution in [0.1, 0.15) is 39.0 Å². The lowest BCUT2D eigenvalue weighted by Gasteiger charge is -2.27. The number of rotatable bonds is 3. The summed E-state index contributed by atoms with van der Waals surface area (Å²) in [5, 5.41) is 0. The smallest absolute Gasteiger partial charge is 0.102 e. The van der Waals surface area contributed by atoms with Crippen molar-refractivity contribution in [2.24, 2.45) is 5.92 Å². The molecule has 0 amide bonds. The van der Waals surface area contributed by atoms with Crippen LogP contribution >= 0.6 is 15.9 Å². The summed E-state index contributed by atoms with van der Waals surface area (Å²) in [5.74, 6) is 0.924. The van der Waals surface area contributed by atoms with E-state index in [0.29, 0.717) is 11.6 Å². The van der Waals surface area contributed by atoms with Gasteiger partial charge in [0.25, 0.3) is 0 Å². The summed E-state index contributed by atoms with van der Waals surface area (Å²) < 4.78 is 5.53. The van der Waals surface area contributed by atoms with E-state index in [1.165, 1.54) is 32.1 Å². The molecule has 0 saturated heterocycles. The van der Waals surface area contributed by atoms with Gasteiger partial charge >= 0.3 is 0 Å². The van der Waals surface area contributed by atoms with Crippen molar-refractivity contribution in [3.05, 3.63) is 0 Å². The molecule has 1 fully saturated rings. The van der Waals surface area contributed by atoms with Gasteiger partial charge in [0, 0.05) is 0 Å². The maximum Gasteiger partial charge on any atom is 0.102 e. The highest BCUT2D eigenvalue weighted by Crippen LogP contribution is 2.28. The molecule has 1 saturated carbocycles. The first-order valence-electron chi connectivity index (χ1n) is 4.54. The Bertz CT molecular complexity index is 104. The van der Waals surface area contributed by atoms with E-state index < -0.39 is 0 Å². The van der Waals surface area contributed by atoms with Crippen molar-refractivity contribution in [3.8, 4) is 0 Å². The third-order valence-corrected chi connectivity index (χ3v) is 2.88. The van der Waals surface area contributed by atoms with Crippen molar-refractivity contribution >= 4 is 15.9 Å². The summed E-state index contributed by atoms with van der Waals surface area (Å²) in [4.78, 5) is 0. The first-order valence-corrected chi connectivity index (χ1v) is 5.66. The molecule has 2 heteroatoms. The van der Waals surface area contributed by atoms with Gasteiger partial charge in [-0.25, -0.2) is 0 Å². The van der Waals surface area contributed by atoms with E-state index in [-0.39, 0.29) is 0 Å². The zero-order valence-electron chi connectivity index (χ0n) is 7.18. The second-order valence-corrected chi connectivity index (χ2v) is 3.80. The summed E-state index contributed by atoms with van der Waals surface area (Å²) >= 11 is 3.30. The molecule has 0 N–H and O–H groups in total. The lowest BCUT2D eigenvalue weighted by Crippen LogP contribution is -2.21. The first-order chi connectivity index (χ1) is 5.36. The maximum absolute atomic E-state index is 5.53. The summed E-state index contributed by atoms with van der Waals surface area (Å²) in [6.07, 6.45) is 7.18. The molecule has 0 aliphatic heterocycles. The van der Waals surface area contributed by atoms with Crippen LogP contribution in [0.2, 0.25) is 0 Å². The van der Waals surface area contributed by atoms with E-state index in [4.69, 9.17) is 4.74 Å². The third-order valence-electron chi connectivity index (χ3n) is 2.61. The highest BCUT2D eigenvalue weighted by molar-refractivity contribution is 9.09. The van der Waals surface area contributed by atoms with E-state index >= 15 is 0 Å². The van der Waals surface area contributed by atoms with Gasteiger partial charge in [-0.2, -0.15) is 0 Å². The Balaban J connectivity index is 2.21. The predicted molar refractivity (Wildman–Crippen MR) is 50.9 cm³/mol. The van der Waals surface area contributed by atoms with Gasteiger partial charge in [0.2, 0.25) is 0 Å². The van der Waals surface area contributed by atoms with Crippen molar-refractivity contribution in [1.29, 1.82) is 0 Å². The summed E-state index contributed by atoms with van der Waals surface area (Å²) in [5.41, 5.74) is 0.702. The van der Waals surface area contributed by atoms with E-state index in [9.17, 15) is 0 Å². The van der Waals surface area contributed by atoms with Crippen LogP contribution in [-0.4, -0.2) is 11.6 Å². The van der Waals surface area contributed by atoms with Gasteiger partial charge in [0.05, 0.1) is 6.10 Å². The molecule has 11 heavy (non-hydrogen) atoms. The predicted octanol–water partition coefficient (Wildman–Crippen LogP) is 3.32. The van der Waals surface area contributed by atoms with Gasteiger partial charge in [-0.05, 0) is 18.8 Å². The highest BCUT2D eigenvalue weighted by Gasteiger charge is 2.20. The first kappa shape index (κ1) is 9.53. The lowest BCUT2D eigenvalue weighted by molar-refractivity contribution is 0.0426. The molecule has 0 aromatic carbocycles. The monoisotopic (exact) mass is 220 g/mol. The van der Waals surface area contributed by atoms with Crippen LogP contribution in [0.25, 0.3) is 0 Å². The van der Waals surface area contributed by atoms with Gasteiger partial charge < -0.3 is 4.74 Å². The van der Waals surface area contributed by atoms with Crippen molar-refractivity contribution in [2.45, 2.75) is 45.1 Å². The second kappa shape index (κ2) is 5.15. The zero-order chi connectivity index (χ0) is 8.10. The molecule has 66 valence electrons. The fourth-order valence-electron chi connectivity index (χ4n) is 1.85. The van der Waals surface area contributed by atoms with Crippen molar-refractivity contribution in [1.82, 2.24) is 0 Å². The largest absolute Gasteiger partial charge is 0.367 e. The summed E-state index contributed by atoms with van der Waals surface area (Å²) in [6, 6.07) is 0. The molecule has 1 aliphatic carbocycles. The Labute approximate surface area is 77.6 Å². The molecule has 0 aromatic rings. The minimum absolute atomic E-state index is 0.535. The van der Waals surface area contributed by atoms with E-state index in [1.807, 2.05) is 0 Å². The molecule has 0 radical (unpaired) electrons. The van der Waals surface area contributed by atoms with Gasteiger partial charge in [-0.15, -0.1) is 0 Å². The van der Waals surface area contributed by atoms with E-state index in [1.54, 1.807) is 0 Å². The highest BCUT2D eigenvalue weighted by atomic mass is 79.9. The molecular weight excluding hydrogens is 204 g/mol. The molecule has 0 spiro atoms. The van der Waals surface area contributed by atoms with Gasteiger partial charge in [-0.3, -0.25) is 0 Å². The Kier molecular flexibility index (Phi) is 4.46. The molecule has 2 unspecified atom stereocenters. The quantitative estimate of drug-likeness (QED) is 0.664. The van der Waals surface area contributed by atoms with Crippen LogP contribution in [0.5, 0.6) is 0 Å². The minimum Gasteiger partial charge on any atom is -0.367 e. The fraction of sp³-hybridized carbons (Fsp3) is 1.00. The van der Waals surface area contributed by atoms with Gasteiger partial charge in [0.1, 0.15) is 5.52 Å².